The van der Waals surface area contributed by atoms with Gasteiger partial charge in [0.05, 0.1) is 6.04 Å². The highest BCUT2D eigenvalue weighted by atomic mass is 16.2. The van der Waals surface area contributed by atoms with Crippen molar-refractivity contribution in [1.29, 1.82) is 0 Å². The molecule has 0 aliphatic carbocycles. The van der Waals surface area contributed by atoms with Gasteiger partial charge in [0.25, 0.3) is 0 Å². The fourth-order valence-electron chi connectivity index (χ4n) is 1.60. The van der Waals surface area contributed by atoms with Crippen molar-refractivity contribution in [3.63, 3.8) is 0 Å². The van der Waals surface area contributed by atoms with Gasteiger partial charge in [-0.3, -0.25) is 4.79 Å². The molecule has 2 N–H and O–H groups in total. The van der Waals surface area contributed by atoms with Gasteiger partial charge in [-0.15, -0.1) is 0 Å². The lowest BCUT2D eigenvalue weighted by Crippen LogP contribution is -2.50. The van der Waals surface area contributed by atoms with E-state index in [1.54, 1.807) is 0 Å². The fraction of sp³-hybridized carbons (Fsp3) is 0.900. The number of hydrogen-bond donors (Lipinski definition) is 2. The van der Waals surface area contributed by atoms with Crippen molar-refractivity contribution in [2.24, 2.45) is 0 Å². The first kappa shape index (κ1) is 10.5. The molecular formula is C10H20N2O. The third-order valence-corrected chi connectivity index (χ3v) is 2.14. The summed E-state index contributed by atoms with van der Waals surface area (Å²) in [6, 6.07) is 0.00231. The monoisotopic (exact) mass is 184 g/mol. The Morgan fingerprint density at radius 3 is 2.69 bits per heavy atom. The Hall–Kier alpha value is -0.570. The van der Waals surface area contributed by atoms with Gasteiger partial charge in [0.2, 0.25) is 5.91 Å². The maximum Gasteiger partial charge on any atom is 0.237 e. The molecule has 1 atom stereocenters. The highest BCUT2D eigenvalue weighted by Crippen LogP contribution is 2.09. The normalized spacial score (nSPS) is 25.2. The first-order valence-corrected chi connectivity index (χ1v) is 5.04. The van der Waals surface area contributed by atoms with E-state index in [-0.39, 0.29) is 17.5 Å². The van der Waals surface area contributed by atoms with Crippen LogP contribution < -0.4 is 10.6 Å². The molecule has 0 aromatic carbocycles. The average molecular weight is 184 g/mol. The minimum absolute atomic E-state index is 0.00231. The summed E-state index contributed by atoms with van der Waals surface area (Å²) in [5.41, 5.74) is 0.0202. The van der Waals surface area contributed by atoms with E-state index in [4.69, 9.17) is 0 Å². The zero-order valence-corrected chi connectivity index (χ0v) is 8.81. The highest BCUT2D eigenvalue weighted by molar-refractivity contribution is 5.81. The third kappa shape index (κ3) is 3.77. The SMILES string of the molecule is CC(C)(C)N[C@@H]1CCCCNC1=O. The van der Waals surface area contributed by atoms with E-state index in [0.717, 1.165) is 25.8 Å². The Kier molecular flexibility index (Phi) is 3.31. The molecule has 1 aliphatic rings. The first-order valence-electron chi connectivity index (χ1n) is 5.04. The van der Waals surface area contributed by atoms with Crippen molar-refractivity contribution in [2.75, 3.05) is 6.54 Å². The Balaban J connectivity index is 2.50. The minimum atomic E-state index is 0.00231. The second kappa shape index (κ2) is 4.09. The molecule has 0 aromatic rings. The van der Waals surface area contributed by atoms with Crippen molar-refractivity contribution >= 4 is 5.91 Å². The molecular weight excluding hydrogens is 164 g/mol. The van der Waals surface area contributed by atoms with Crippen molar-refractivity contribution < 1.29 is 4.79 Å². The van der Waals surface area contributed by atoms with Crippen LogP contribution in [-0.4, -0.2) is 24.0 Å². The van der Waals surface area contributed by atoms with Crippen LogP contribution in [0.15, 0.2) is 0 Å². The summed E-state index contributed by atoms with van der Waals surface area (Å²) in [5.74, 6) is 0.160. The van der Waals surface area contributed by atoms with Crippen LogP contribution in [0.5, 0.6) is 0 Å². The number of nitrogens with one attached hydrogen (secondary N) is 2. The number of amides is 1. The number of carbonyl (C=O) groups excluding carboxylic acids is 1. The van der Waals surface area contributed by atoms with E-state index >= 15 is 0 Å². The Bertz CT molecular complexity index is 184. The van der Waals surface area contributed by atoms with Crippen LogP contribution in [0.2, 0.25) is 0 Å². The van der Waals surface area contributed by atoms with Crippen LogP contribution in [0.1, 0.15) is 40.0 Å². The molecule has 0 spiro atoms. The van der Waals surface area contributed by atoms with E-state index in [2.05, 4.69) is 31.4 Å². The van der Waals surface area contributed by atoms with Gasteiger partial charge in [-0.25, -0.2) is 0 Å². The highest BCUT2D eigenvalue weighted by Gasteiger charge is 2.24. The lowest BCUT2D eigenvalue weighted by atomic mass is 10.0. The van der Waals surface area contributed by atoms with E-state index in [0.29, 0.717) is 0 Å². The maximum absolute atomic E-state index is 11.5. The summed E-state index contributed by atoms with van der Waals surface area (Å²) >= 11 is 0. The topological polar surface area (TPSA) is 41.1 Å². The molecule has 1 fully saturated rings. The van der Waals surface area contributed by atoms with Crippen LogP contribution in [-0.2, 0) is 4.79 Å². The van der Waals surface area contributed by atoms with Gasteiger partial charge in [-0.2, -0.15) is 0 Å². The van der Waals surface area contributed by atoms with Crippen LogP contribution in [0.25, 0.3) is 0 Å². The summed E-state index contributed by atoms with van der Waals surface area (Å²) in [6.45, 7) is 7.10. The summed E-state index contributed by atoms with van der Waals surface area (Å²) in [7, 11) is 0. The standard InChI is InChI=1S/C10H20N2O/c1-10(2,3)12-8-6-4-5-7-11-9(8)13/h8,12H,4-7H2,1-3H3,(H,11,13)/t8-/m1/s1. The largest absolute Gasteiger partial charge is 0.355 e. The predicted octanol–water partition coefficient (Wildman–Crippen LogP) is 1.04. The number of carbonyl (C=O) groups is 1. The van der Waals surface area contributed by atoms with Crippen molar-refractivity contribution in [2.45, 2.75) is 51.6 Å². The van der Waals surface area contributed by atoms with Crippen LogP contribution in [0.3, 0.4) is 0 Å². The minimum Gasteiger partial charge on any atom is -0.355 e. The Labute approximate surface area is 80.3 Å². The third-order valence-electron chi connectivity index (χ3n) is 2.14. The van der Waals surface area contributed by atoms with Crippen LogP contribution in [0.4, 0.5) is 0 Å². The van der Waals surface area contributed by atoms with E-state index in [9.17, 15) is 4.79 Å². The van der Waals surface area contributed by atoms with Gasteiger partial charge in [0, 0.05) is 12.1 Å². The van der Waals surface area contributed by atoms with Gasteiger partial charge in [-0.05, 0) is 40.0 Å². The quantitative estimate of drug-likeness (QED) is 0.639. The smallest absolute Gasteiger partial charge is 0.237 e. The molecule has 1 heterocycles. The van der Waals surface area contributed by atoms with Crippen molar-refractivity contribution in [1.82, 2.24) is 10.6 Å². The summed E-state index contributed by atoms with van der Waals surface area (Å²) < 4.78 is 0. The van der Waals surface area contributed by atoms with Gasteiger partial charge in [0.1, 0.15) is 0 Å². The molecule has 0 bridgehead atoms. The molecule has 1 rings (SSSR count). The first-order chi connectivity index (χ1) is 5.99. The van der Waals surface area contributed by atoms with Gasteiger partial charge in [-0.1, -0.05) is 0 Å². The lowest BCUT2D eigenvalue weighted by molar-refractivity contribution is -0.123. The Morgan fingerprint density at radius 2 is 2.08 bits per heavy atom. The van der Waals surface area contributed by atoms with E-state index in [1.807, 2.05) is 0 Å². The lowest BCUT2D eigenvalue weighted by Gasteiger charge is -2.26. The molecule has 1 aliphatic heterocycles. The van der Waals surface area contributed by atoms with E-state index in [1.165, 1.54) is 0 Å². The molecule has 13 heavy (non-hydrogen) atoms. The van der Waals surface area contributed by atoms with Crippen molar-refractivity contribution in [3.05, 3.63) is 0 Å². The molecule has 0 unspecified atom stereocenters. The summed E-state index contributed by atoms with van der Waals surface area (Å²) in [4.78, 5) is 11.5. The number of hydrogen-bond acceptors (Lipinski definition) is 2. The molecule has 0 aromatic heterocycles. The summed E-state index contributed by atoms with van der Waals surface area (Å²) in [5, 5.41) is 6.25. The van der Waals surface area contributed by atoms with E-state index < -0.39 is 0 Å². The molecule has 0 saturated carbocycles. The Morgan fingerprint density at radius 1 is 1.38 bits per heavy atom. The number of rotatable bonds is 1. The zero-order valence-electron chi connectivity index (χ0n) is 8.81. The van der Waals surface area contributed by atoms with Crippen LogP contribution >= 0.6 is 0 Å². The second-order valence-corrected chi connectivity index (χ2v) is 4.73. The molecule has 0 radical (unpaired) electrons. The molecule has 3 heteroatoms. The van der Waals surface area contributed by atoms with Crippen molar-refractivity contribution in [3.8, 4) is 0 Å². The van der Waals surface area contributed by atoms with Gasteiger partial charge < -0.3 is 10.6 Å². The zero-order chi connectivity index (χ0) is 9.90. The molecule has 1 saturated heterocycles. The molecule has 3 nitrogen and oxygen atoms in total. The average Bonchev–Trinajstić information content (AvgIpc) is 2.14. The molecule has 1 amide bonds. The maximum atomic E-state index is 11.5. The second-order valence-electron chi connectivity index (χ2n) is 4.73. The predicted molar refractivity (Wildman–Crippen MR) is 53.5 cm³/mol. The van der Waals surface area contributed by atoms with Gasteiger partial charge >= 0.3 is 0 Å². The molecule has 76 valence electrons. The fourth-order valence-corrected chi connectivity index (χ4v) is 1.60. The van der Waals surface area contributed by atoms with Crippen LogP contribution in [0, 0.1) is 0 Å². The summed E-state index contributed by atoms with van der Waals surface area (Å²) in [6.07, 6.45) is 3.20. The van der Waals surface area contributed by atoms with Gasteiger partial charge in [0.15, 0.2) is 0 Å².